The third-order valence-electron chi connectivity index (χ3n) is 6.51. The minimum absolute atomic E-state index is 0.0418. The average molecular weight is 441 g/mol. The number of benzene rings is 3. The summed E-state index contributed by atoms with van der Waals surface area (Å²) < 4.78 is 0. The Bertz CT molecular complexity index is 1160. The van der Waals surface area contributed by atoms with Crippen LogP contribution >= 0.6 is 0 Å². The lowest BCUT2D eigenvalue weighted by atomic mass is 9.88. The van der Waals surface area contributed by atoms with E-state index in [9.17, 15) is 9.59 Å². The van der Waals surface area contributed by atoms with E-state index in [1.54, 1.807) is 5.01 Å². The molecule has 2 aliphatic rings. The van der Waals surface area contributed by atoms with E-state index in [1.165, 1.54) is 11.1 Å². The summed E-state index contributed by atoms with van der Waals surface area (Å²) in [4.78, 5) is 25.9. The predicted octanol–water partition coefficient (Wildman–Crippen LogP) is 3.86. The van der Waals surface area contributed by atoms with Gasteiger partial charge in [0.05, 0.1) is 17.6 Å². The van der Waals surface area contributed by atoms with Crippen LogP contribution in [0.5, 0.6) is 0 Å². The van der Waals surface area contributed by atoms with E-state index < -0.39 is 0 Å². The molecule has 2 aliphatic heterocycles. The van der Waals surface area contributed by atoms with Gasteiger partial charge in [0.25, 0.3) is 5.91 Å². The number of carbonyl (C=O) groups excluding carboxylic acids is 2. The minimum atomic E-state index is -0.222. The molecule has 0 aliphatic carbocycles. The number of hydrogen-bond acceptors (Lipinski definition) is 4. The van der Waals surface area contributed by atoms with Gasteiger partial charge >= 0.3 is 0 Å². The van der Waals surface area contributed by atoms with E-state index in [0.717, 1.165) is 29.8 Å². The number of hydrazine groups is 1. The Balaban J connectivity index is 1.31. The van der Waals surface area contributed by atoms with Crippen LogP contribution in [0.3, 0.4) is 0 Å². The van der Waals surface area contributed by atoms with Crippen molar-refractivity contribution in [1.82, 2.24) is 10.7 Å². The van der Waals surface area contributed by atoms with Gasteiger partial charge in [-0.3, -0.25) is 9.59 Å². The molecule has 0 spiro atoms. The van der Waals surface area contributed by atoms with Crippen LogP contribution in [0.4, 0.5) is 11.4 Å². The zero-order valence-corrected chi connectivity index (χ0v) is 18.7. The van der Waals surface area contributed by atoms with Crippen LogP contribution in [0.15, 0.2) is 72.8 Å². The summed E-state index contributed by atoms with van der Waals surface area (Å²) in [5, 5.41) is 8.03. The van der Waals surface area contributed by atoms with E-state index in [2.05, 4.69) is 47.2 Å². The first kappa shape index (κ1) is 21.2. The summed E-state index contributed by atoms with van der Waals surface area (Å²) in [6, 6.07) is 23.7. The Labute approximate surface area is 194 Å². The van der Waals surface area contributed by atoms with Crippen molar-refractivity contribution in [3.05, 3.63) is 95.1 Å². The number of nitrogens with zero attached hydrogens (tertiary/aromatic N) is 1. The molecule has 2 atom stereocenters. The fourth-order valence-electron chi connectivity index (χ4n) is 4.58. The van der Waals surface area contributed by atoms with Gasteiger partial charge in [0.15, 0.2) is 0 Å². The Hall–Kier alpha value is -3.64. The highest BCUT2D eigenvalue weighted by Crippen LogP contribution is 2.39. The fourth-order valence-corrected chi connectivity index (χ4v) is 4.58. The van der Waals surface area contributed by atoms with E-state index in [4.69, 9.17) is 0 Å². The zero-order valence-electron chi connectivity index (χ0n) is 18.7. The van der Waals surface area contributed by atoms with Crippen molar-refractivity contribution in [3.63, 3.8) is 0 Å². The van der Waals surface area contributed by atoms with Crippen molar-refractivity contribution in [2.24, 2.45) is 5.92 Å². The quantitative estimate of drug-likeness (QED) is 0.544. The smallest absolute Gasteiger partial charge is 0.251 e. The van der Waals surface area contributed by atoms with E-state index in [1.807, 2.05) is 48.5 Å². The van der Waals surface area contributed by atoms with Crippen molar-refractivity contribution < 1.29 is 9.59 Å². The van der Waals surface area contributed by atoms with E-state index >= 15 is 0 Å². The Kier molecular flexibility index (Phi) is 5.84. The summed E-state index contributed by atoms with van der Waals surface area (Å²) >= 11 is 0. The van der Waals surface area contributed by atoms with Gasteiger partial charge in [0.1, 0.15) is 0 Å². The molecule has 3 aromatic rings. The largest absolute Gasteiger partial charge is 0.384 e. The van der Waals surface area contributed by atoms with Gasteiger partial charge < -0.3 is 10.6 Å². The summed E-state index contributed by atoms with van der Waals surface area (Å²) in [7, 11) is 0. The summed E-state index contributed by atoms with van der Waals surface area (Å²) in [5.41, 5.74) is 9.16. The van der Waals surface area contributed by atoms with Gasteiger partial charge in [-0.05, 0) is 59.9 Å². The fraction of sp³-hybridized carbons (Fsp3) is 0.259. The maximum absolute atomic E-state index is 13.1. The number of anilines is 2. The lowest BCUT2D eigenvalue weighted by Crippen LogP contribution is -2.35. The van der Waals surface area contributed by atoms with Crippen LogP contribution in [0.1, 0.15) is 40.0 Å². The molecule has 6 heteroatoms. The van der Waals surface area contributed by atoms with Crippen molar-refractivity contribution in [3.8, 4) is 0 Å². The number of hydrogen-bond donors (Lipinski definition) is 3. The Morgan fingerprint density at radius 1 is 1.03 bits per heavy atom. The molecule has 5 rings (SSSR count). The molecule has 1 saturated heterocycles. The van der Waals surface area contributed by atoms with Gasteiger partial charge in [-0.1, -0.05) is 49.4 Å². The predicted molar refractivity (Wildman–Crippen MR) is 130 cm³/mol. The molecule has 2 unspecified atom stereocenters. The monoisotopic (exact) mass is 440 g/mol. The first-order valence-electron chi connectivity index (χ1n) is 11.5. The molecular weight excluding hydrogens is 412 g/mol. The molecule has 33 heavy (non-hydrogen) atoms. The average Bonchev–Trinajstić information content (AvgIpc) is 3.21. The van der Waals surface area contributed by atoms with E-state index in [-0.39, 0.29) is 23.8 Å². The van der Waals surface area contributed by atoms with Gasteiger partial charge in [-0.15, -0.1) is 0 Å². The van der Waals surface area contributed by atoms with Crippen LogP contribution < -0.4 is 21.1 Å². The molecule has 3 aromatic carbocycles. The van der Waals surface area contributed by atoms with Crippen LogP contribution in [0, 0.1) is 5.92 Å². The number of aryl methyl sites for hydroxylation is 1. The maximum atomic E-state index is 13.1. The third-order valence-corrected chi connectivity index (χ3v) is 6.51. The molecular formula is C27H28N4O2. The molecule has 2 heterocycles. The summed E-state index contributed by atoms with van der Waals surface area (Å²) in [5.74, 6) is -0.285. The Morgan fingerprint density at radius 3 is 2.58 bits per heavy atom. The first-order chi connectivity index (χ1) is 16.1. The van der Waals surface area contributed by atoms with Crippen molar-refractivity contribution >= 4 is 23.2 Å². The van der Waals surface area contributed by atoms with Crippen LogP contribution in [0.2, 0.25) is 0 Å². The molecule has 1 fully saturated rings. The second-order valence-electron chi connectivity index (χ2n) is 8.58. The van der Waals surface area contributed by atoms with Crippen molar-refractivity contribution in [1.29, 1.82) is 0 Å². The van der Waals surface area contributed by atoms with Crippen molar-refractivity contribution in [2.45, 2.75) is 25.8 Å². The van der Waals surface area contributed by atoms with E-state index in [0.29, 0.717) is 18.7 Å². The lowest BCUT2D eigenvalue weighted by Gasteiger charge is -2.27. The molecule has 0 saturated carbocycles. The first-order valence-corrected chi connectivity index (χ1v) is 11.5. The topological polar surface area (TPSA) is 73.5 Å². The maximum Gasteiger partial charge on any atom is 0.251 e. The van der Waals surface area contributed by atoms with Gasteiger partial charge in [-0.25, -0.2) is 10.4 Å². The second-order valence-corrected chi connectivity index (χ2v) is 8.58. The highest BCUT2D eigenvalue weighted by Gasteiger charge is 2.44. The molecule has 2 amide bonds. The lowest BCUT2D eigenvalue weighted by molar-refractivity contribution is -0.120. The molecule has 168 valence electrons. The number of rotatable bonds is 6. The Morgan fingerprint density at radius 2 is 1.82 bits per heavy atom. The molecule has 6 nitrogen and oxygen atoms in total. The third kappa shape index (κ3) is 4.22. The number of fused-ring (bicyclic) bond motifs is 3. The summed E-state index contributed by atoms with van der Waals surface area (Å²) in [6.07, 6.45) is 1.74. The van der Waals surface area contributed by atoms with Crippen LogP contribution in [-0.2, 0) is 17.6 Å². The summed E-state index contributed by atoms with van der Waals surface area (Å²) in [6.45, 7) is 3.25. The van der Waals surface area contributed by atoms with Gasteiger partial charge in [-0.2, -0.15) is 0 Å². The molecule has 3 N–H and O–H groups in total. The van der Waals surface area contributed by atoms with Gasteiger partial charge in [0.2, 0.25) is 5.91 Å². The normalized spacial score (nSPS) is 18.9. The van der Waals surface area contributed by atoms with Gasteiger partial charge in [0, 0.05) is 24.3 Å². The molecule has 0 bridgehead atoms. The molecule has 0 aromatic heterocycles. The molecule has 0 radical (unpaired) electrons. The van der Waals surface area contributed by atoms with Crippen LogP contribution in [0.25, 0.3) is 0 Å². The minimum Gasteiger partial charge on any atom is -0.384 e. The highest BCUT2D eigenvalue weighted by molar-refractivity contribution is 5.99. The SMILES string of the molecule is CCc1ccc(N2NC3c4cc(C(=O)NCCc5ccccc5)ccc4NCC3C2=O)cc1. The second kappa shape index (κ2) is 9.08. The standard InChI is InChI=1S/C27H28N4O2/c1-2-18-8-11-21(12-9-18)31-27(33)23-17-29-24-13-10-20(16-22(24)25(23)30-31)26(32)28-15-14-19-6-4-3-5-7-19/h3-13,16,23,25,29-30H,2,14-15,17H2,1H3,(H,28,32). The van der Waals surface area contributed by atoms with Crippen molar-refractivity contribution in [2.75, 3.05) is 23.4 Å². The number of nitrogens with one attached hydrogen (secondary N) is 3. The number of amides is 2. The number of carbonyl (C=O) groups is 2. The van der Waals surface area contributed by atoms with Crippen LogP contribution in [-0.4, -0.2) is 24.9 Å². The highest BCUT2D eigenvalue weighted by atomic mass is 16.2. The zero-order chi connectivity index (χ0) is 22.8.